The molecule has 1 aliphatic carbocycles. The standard InChI is InChI=1S/C21H22N4O2S/c1-14(2)24-28(26,27)17-10-8-15(9-11-17)20-19(13-22)18-7-4-12-23-21(18)25(20)16-5-3-6-16/h4,7-12,14,16,24H,3,5-6H2,1-2H3. The van der Waals surface area contributed by atoms with E-state index in [9.17, 15) is 13.7 Å². The fraction of sp³-hybridized carbons (Fsp3) is 0.333. The molecule has 1 fully saturated rings. The van der Waals surface area contributed by atoms with Crippen LogP contribution in [-0.2, 0) is 10.0 Å². The lowest BCUT2D eigenvalue weighted by atomic mass is 9.92. The predicted octanol–water partition coefficient (Wildman–Crippen LogP) is 3.99. The van der Waals surface area contributed by atoms with Crippen molar-refractivity contribution in [3.63, 3.8) is 0 Å². The number of nitriles is 1. The predicted molar refractivity (Wildman–Crippen MR) is 108 cm³/mol. The Labute approximate surface area is 164 Å². The van der Waals surface area contributed by atoms with Crippen molar-refractivity contribution < 1.29 is 8.42 Å². The second-order valence-corrected chi connectivity index (χ2v) is 9.18. The lowest BCUT2D eigenvalue weighted by Gasteiger charge is -2.29. The molecule has 0 saturated heterocycles. The number of sulfonamides is 1. The Morgan fingerprint density at radius 3 is 2.50 bits per heavy atom. The summed E-state index contributed by atoms with van der Waals surface area (Å²) in [6.07, 6.45) is 5.03. The lowest BCUT2D eigenvalue weighted by Crippen LogP contribution is -2.30. The Morgan fingerprint density at radius 1 is 1.21 bits per heavy atom. The van der Waals surface area contributed by atoms with E-state index in [1.54, 1.807) is 44.3 Å². The molecule has 2 heterocycles. The molecule has 1 saturated carbocycles. The molecule has 28 heavy (non-hydrogen) atoms. The number of hydrogen-bond donors (Lipinski definition) is 1. The van der Waals surface area contributed by atoms with Crippen LogP contribution < -0.4 is 4.72 Å². The third-order valence-corrected chi connectivity index (χ3v) is 6.82. The molecule has 0 unspecified atom stereocenters. The summed E-state index contributed by atoms with van der Waals surface area (Å²) < 4.78 is 29.6. The van der Waals surface area contributed by atoms with Crippen molar-refractivity contribution in [2.75, 3.05) is 0 Å². The summed E-state index contributed by atoms with van der Waals surface area (Å²) in [7, 11) is -3.55. The Bertz CT molecular complexity index is 1170. The molecule has 0 spiro atoms. The van der Waals surface area contributed by atoms with E-state index in [4.69, 9.17) is 0 Å². The number of nitrogens with one attached hydrogen (secondary N) is 1. The largest absolute Gasteiger partial charge is 0.321 e. The number of aromatic nitrogens is 2. The molecule has 0 aliphatic heterocycles. The number of hydrogen-bond acceptors (Lipinski definition) is 4. The Kier molecular flexibility index (Phi) is 4.69. The minimum atomic E-state index is -3.55. The average molecular weight is 395 g/mol. The van der Waals surface area contributed by atoms with Gasteiger partial charge in [0.15, 0.2) is 0 Å². The fourth-order valence-electron chi connectivity index (χ4n) is 3.71. The topological polar surface area (TPSA) is 87.8 Å². The maximum Gasteiger partial charge on any atom is 0.240 e. The fourth-order valence-corrected chi connectivity index (χ4v) is 4.96. The molecule has 1 aliphatic rings. The van der Waals surface area contributed by atoms with Gasteiger partial charge in [-0.25, -0.2) is 18.1 Å². The van der Waals surface area contributed by atoms with Crippen LogP contribution in [0.2, 0.25) is 0 Å². The van der Waals surface area contributed by atoms with Crippen LogP contribution in [0.4, 0.5) is 0 Å². The van der Waals surface area contributed by atoms with Crippen molar-refractivity contribution in [2.45, 2.75) is 50.1 Å². The minimum Gasteiger partial charge on any atom is -0.321 e. The molecule has 3 aromatic rings. The first kappa shape index (κ1) is 18.7. The summed E-state index contributed by atoms with van der Waals surface area (Å²) in [6, 6.07) is 13.0. The number of fused-ring (bicyclic) bond motifs is 1. The van der Waals surface area contributed by atoms with E-state index in [2.05, 4.69) is 20.3 Å². The third kappa shape index (κ3) is 3.09. The molecule has 0 atom stereocenters. The molecule has 7 heteroatoms. The molecule has 144 valence electrons. The van der Waals surface area contributed by atoms with E-state index in [0.717, 1.165) is 41.6 Å². The number of rotatable bonds is 5. The first-order valence-corrected chi connectivity index (χ1v) is 10.9. The van der Waals surface area contributed by atoms with E-state index in [0.29, 0.717) is 11.6 Å². The average Bonchev–Trinajstić information content (AvgIpc) is 2.94. The minimum absolute atomic E-state index is 0.179. The molecule has 4 rings (SSSR count). The molecular formula is C21H22N4O2S. The summed E-state index contributed by atoms with van der Waals surface area (Å²) in [4.78, 5) is 4.75. The SMILES string of the molecule is CC(C)NS(=O)(=O)c1ccc(-c2c(C#N)c3cccnc3n2C2CCC2)cc1. The van der Waals surface area contributed by atoms with Crippen LogP contribution >= 0.6 is 0 Å². The maximum atomic E-state index is 12.4. The monoisotopic (exact) mass is 394 g/mol. The van der Waals surface area contributed by atoms with Gasteiger partial charge in [0, 0.05) is 23.7 Å². The van der Waals surface area contributed by atoms with Crippen LogP contribution in [0.15, 0.2) is 47.5 Å². The van der Waals surface area contributed by atoms with Gasteiger partial charge in [-0.15, -0.1) is 0 Å². The van der Waals surface area contributed by atoms with Gasteiger partial charge in [0.25, 0.3) is 0 Å². The zero-order chi connectivity index (χ0) is 19.9. The highest BCUT2D eigenvalue weighted by Gasteiger charge is 2.28. The molecule has 1 aromatic carbocycles. The van der Waals surface area contributed by atoms with Crippen LogP contribution in [0, 0.1) is 11.3 Å². The Balaban J connectivity index is 1.87. The Morgan fingerprint density at radius 2 is 1.93 bits per heavy atom. The normalized spacial score (nSPS) is 14.9. The summed E-state index contributed by atoms with van der Waals surface area (Å²) in [5, 5.41) is 10.7. The van der Waals surface area contributed by atoms with Crippen molar-refractivity contribution >= 4 is 21.1 Å². The van der Waals surface area contributed by atoms with Gasteiger partial charge in [0.1, 0.15) is 11.7 Å². The number of nitrogens with zero attached hydrogens (tertiary/aromatic N) is 3. The summed E-state index contributed by atoms with van der Waals surface area (Å²) in [5.74, 6) is 0. The smallest absolute Gasteiger partial charge is 0.240 e. The molecule has 0 radical (unpaired) electrons. The van der Waals surface area contributed by atoms with E-state index >= 15 is 0 Å². The van der Waals surface area contributed by atoms with Crippen molar-refractivity contribution in [1.82, 2.24) is 14.3 Å². The second-order valence-electron chi connectivity index (χ2n) is 7.47. The van der Waals surface area contributed by atoms with Gasteiger partial charge in [-0.2, -0.15) is 5.26 Å². The highest BCUT2D eigenvalue weighted by atomic mass is 32.2. The molecule has 2 aromatic heterocycles. The zero-order valence-corrected chi connectivity index (χ0v) is 16.7. The quantitative estimate of drug-likeness (QED) is 0.709. The number of benzene rings is 1. The lowest BCUT2D eigenvalue weighted by molar-refractivity contribution is 0.323. The van der Waals surface area contributed by atoms with Gasteiger partial charge in [-0.3, -0.25) is 0 Å². The Hall–Kier alpha value is -2.69. The van der Waals surface area contributed by atoms with E-state index in [1.807, 2.05) is 12.1 Å². The van der Waals surface area contributed by atoms with Crippen LogP contribution in [0.5, 0.6) is 0 Å². The summed E-state index contributed by atoms with van der Waals surface area (Å²) in [5.41, 5.74) is 3.05. The van der Waals surface area contributed by atoms with E-state index in [-0.39, 0.29) is 10.9 Å². The van der Waals surface area contributed by atoms with Gasteiger partial charge >= 0.3 is 0 Å². The molecule has 1 N–H and O–H groups in total. The summed E-state index contributed by atoms with van der Waals surface area (Å²) >= 11 is 0. The van der Waals surface area contributed by atoms with Crippen LogP contribution in [0.1, 0.15) is 44.7 Å². The van der Waals surface area contributed by atoms with Crippen LogP contribution in [0.25, 0.3) is 22.3 Å². The van der Waals surface area contributed by atoms with Crippen molar-refractivity contribution in [3.05, 3.63) is 48.2 Å². The zero-order valence-electron chi connectivity index (χ0n) is 15.9. The van der Waals surface area contributed by atoms with E-state index < -0.39 is 10.0 Å². The van der Waals surface area contributed by atoms with Gasteiger partial charge in [-0.1, -0.05) is 12.1 Å². The molecule has 6 nitrogen and oxygen atoms in total. The number of pyridine rings is 1. The maximum absolute atomic E-state index is 12.4. The first-order valence-electron chi connectivity index (χ1n) is 9.44. The van der Waals surface area contributed by atoms with Crippen molar-refractivity contribution in [1.29, 1.82) is 5.26 Å². The van der Waals surface area contributed by atoms with Gasteiger partial charge in [-0.05, 0) is 62.9 Å². The van der Waals surface area contributed by atoms with Gasteiger partial charge in [0.2, 0.25) is 10.0 Å². The highest BCUT2D eigenvalue weighted by molar-refractivity contribution is 7.89. The first-order chi connectivity index (χ1) is 13.4. The summed E-state index contributed by atoms with van der Waals surface area (Å²) in [6.45, 7) is 3.57. The second kappa shape index (κ2) is 7.04. The van der Waals surface area contributed by atoms with Crippen molar-refractivity contribution in [3.8, 4) is 17.3 Å². The van der Waals surface area contributed by atoms with E-state index in [1.165, 1.54) is 0 Å². The van der Waals surface area contributed by atoms with Gasteiger partial charge < -0.3 is 4.57 Å². The molecule has 0 amide bonds. The molecular weight excluding hydrogens is 372 g/mol. The van der Waals surface area contributed by atoms with Crippen LogP contribution in [-0.4, -0.2) is 24.0 Å². The third-order valence-electron chi connectivity index (χ3n) is 5.14. The highest BCUT2D eigenvalue weighted by Crippen LogP contribution is 2.41. The molecule has 0 bridgehead atoms. The van der Waals surface area contributed by atoms with Crippen LogP contribution in [0.3, 0.4) is 0 Å². The van der Waals surface area contributed by atoms with Crippen molar-refractivity contribution in [2.24, 2.45) is 0 Å². The van der Waals surface area contributed by atoms with Gasteiger partial charge in [0.05, 0.1) is 16.2 Å².